The van der Waals surface area contributed by atoms with Gasteiger partial charge in [-0.15, -0.1) is 0 Å². The molecule has 4 bridgehead atoms. The molecule has 2 aromatic rings. The summed E-state index contributed by atoms with van der Waals surface area (Å²) in [7, 11) is 2.39. The van der Waals surface area contributed by atoms with E-state index < -0.39 is 0 Å². The Morgan fingerprint density at radius 2 is 1.56 bits per heavy atom. The van der Waals surface area contributed by atoms with Crippen molar-refractivity contribution in [2.45, 2.75) is 70.8 Å². The minimum Gasteiger partial charge on any atom is -0.490 e. The van der Waals surface area contributed by atoms with Crippen LogP contribution in [-0.4, -0.2) is 55.4 Å². The van der Waals surface area contributed by atoms with E-state index in [9.17, 15) is 4.79 Å². The van der Waals surface area contributed by atoms with Gasteiger partial charge in [-0.1, -0.05) is 24.3 Å². The zero-order chi connectivity index (χ0) is 27.0. The number of nitrogens with one attached hydrogen (secondary N) is 1. The van der Waals surface area contributed by atoms with Crippen LogP contribution < -0.4 is 14.8 Å². The molecule has 0 atom stereocenters. The molecule has 0 spiro atoms. The second kappa shape index (κ2) is 11.0. The third-order valence-electron chi connectivity index (χ3n) is 9.60. The SMILES string of the molecule is CCOc1cc2c(cc1OCC)C(c1ccc(CCCN(C)C34CC5CC(CC(C5)C3)C4)cc1)=NCC(=O)N2. The number of carbonyl (C=O) groups is 1. The van der Waals surface area contributed by atoms with Crippen LogP contribution in [0.1, 0.15) is 75.5 Å². The number of rotatable bonds is 10. The van der Waals surface area contributed by atoms with Gasteiger partial charge in [0.2, 0.25) is 5.91 Å². The molecule has 0 aromatic heterocycles. The summed E-state index contributed by atoms with van der Waals surface area (Å²) in [6.07, 6.45) is 11.1. The molecule has 1 aliphatic heterocycles. The fraction of sp³-hybridized carbons (Fsp3) is 0.576. The third-order valence-corrected chi connectivity index (χ3v) is 9.60. The van der Waals surface area contributed by atoms with Crippen molar-refractivity contribution in [3.63, 3.8) is 0 Å². The average Bonchev–Trinajstić information content (AvgIpc) is 3.06. The Hall–Kier alpha value is -2.86. The normalized spacial score (nSPS) is 27.1. The summed E-state index contributed by atoms with van der Waals surface area (Å²) in [5, 5.41) is 2.99. The molecule has 6 nitrogen and oxygen atoms in total. The van der Waals surface area contributed by atoms with E-state index in [1.54, 1.807) is 0 Å². The topological polar surface area (TPSA) is 63.2 Å². The number of anilines is 1. The minimum absolute atomic E-state index is 0.0936. The Morgan fingerprint density at radius 1 is 0.949 bits per heavy atom. The lowest BCUT2D eigenvalue weighted by Gasteiger charge is -2.60. The number of aliphatic imine (C=N–C) groups is 1. The average molecular weight is 530 g/mol. The van der Waals surface area contributed by atoms with Gasteiger partial charge in [-0.25, -0.2) is 0 Å². The molecule has 4 aliphatic carbocycles. The van der Waals surface area contributed by atoms with Gasteiger partial charge >= 0.3 is 0 Å². The van der Waals surface area contributed by atoms with Crippen LogP contribution in [0.15, 0.2) is 41.4 Å². The molecule has 2 aromatic carbocycles. The Balaban J connectivity index is 1.14. The quantitative estimate of drug-likeness (QED) is 0.404. The number of amides is 1. The Labute approximate surface area is 233 Å². The van der Waals surface area contributed by atoms with E-state index in [0.29, 0.717) is 35.9 Å². The first-order chi connectivity index (χ1) is 19.0. The fourth-order valence-corrected chi connectivity index (χ4v) is 8.19. The zero-order valence-electron chi connectivity index (χ0n) is 23.8. The van der Waals surface area contributed by atoms with Crippen LogP contribution in [-0.2, 0) is 11.2 Å². The highest BCUT2D eigenvalue weighted by Gasteiger charge is 2.52. The van der Waals surface area contributed by atoms with Gasteiger partial charge in [-0.05, 0) is 108 Å². The molecule has 1 amide bonds. The summed E-state index contributed by atoms with van der Waals surface area (Å²) in [6.45, 7) is 6.21. The Bertz CT molecular complexity index is 1200. The second-order valence-corrected chi connectivity index (χ2v) is 12.3. The molecular weight excluding hydrogens is 486 g/mol. The molecule has 208 valence electrons. The van der Waals surface area contributed by atoms with E-state index in [0.717, 1.165) is 41.0 Å². The fourth-order valence-electron chi connectivity index (χ4n) is 8.19. The van der Waals surface area contributed by atoms with Crippen LogP contribution in [0, 0.1) is 17.8 Å². The van der Waals surface area contributed by atoms with Crippen LogP contribution in [0.2, 0.25) is 0 Å². The van der Waals surface area contributed by atoms with Gasteiger partial charge in [0, 0.05) is 22.7 Å². The number of fused-ring (bicyclic) bond motifs is 1. The Kier molecular flexibility index (Phi) is 7.41. The summed E-state index contributed by atoms with van der Waals surface area (Å²) < 4.78 is 11.7. The van der Waals surface area contributed by atoms with Crippen molar-refractivity contribution >= 4 is 17.3 Å². The third kappa shape index (κ3) is 5.32. The monoisotopic (exact) mass is 529 g/mol. The first-order valence-electron chi connectivity index (χ1n) is 15.0. The molecule has 0 unspecified atom stereocenters. The number of benzene rings is 2. The summed E-state index contributed by atoms with van der Waals surface area (Å²) in [5.41, 5.74) is 5.21. The lowest BCUT2D eigenvalue weighted by molar-refractivity contribution is -0.114. The van der Waals surface area contributed by atoms with Crippen LogP contribution in [0.3, 0.4) is 0 Å². The molecule has 0 radical (unpaired) electrons. The van der Waals surface area contributed by atoms with Crippen molar-refractivity contribution in [3.05, 3.63) is 53.1 Å². The Morgan fingerprint density at radius 3 is 2.18 bits per heavy atom. The van der Waals surface area contributed by atoms with E-state index in [-0.39, 0.29) is 12.5 Å². The first-order valence-corrected chi connectivity index (χ1v) is 15.0. The van der Waals surface area contributed by atoms with Gasteiger partial charge in [0.15, 0.2) is 11.5 Å². The van der Waals surface area contributed by atoms with Crippen LogP contribution in [0.25, 0.3) is 0 Å². The summed E-state index contributed by atoms with van der Waals surface area (Å²) >= 11 is 0. The van der Waals surface area contributed by atoms with Gasteiger partial charge in [-0.3, -0.25) is 9.79 Å². The molecule has 5 aliphatic rings. The molecule has 6 heteroatoms. The first kappa shape index (κ1) is 26.4. The maximum absolute atomic E-state index is 12.4. The highest BCUT2D eigenvalue weighted by atomic mass is 16.5. The smallest absolute Gasteiger partial charge is 0.246 e. The number of hydrogen-bond acceptors (Lipinski definition) is 5. The molecule has 39 heavy (non-hydrogen) atoms. The lowest BCUT2D eigenvalue weighted by Crippen LogP contribution is -2.59. The van der Waals surface area contributed by atoms with E-state index in [4.69, 9.17) is 14.5 Å². The van der Waals surface area contributed by atoms with Crippen LogP contribution >= 0.6 is 0 Å². The predicted octanol–water partition coefficient (Wildman–Crippen LogP) is 6.11. The number of aryl methyl sites for hydroxylation is 1. The van der Waals surface area contributed by atoms with E-state index in [2.05, 4.69) is 41.5 Å². The lowest BCUT2D eigenvalue weighted by atomic mass is 9.52. The number of ether oxygens (including phenoxy) is 2. The predicted molar refractivity (Wildman–Crippen MR) is 156 cm³/mol. The second-order valence-electron chi connectivity index (χ2n) is 12.3. The molecular formula is C33H43N3O3. The van der Waals surface area contributed by atoms with Crippen molar-refractivity contribution in [1.29, 1.82) is 0 Å². The number of nitrogens with zero attached hydrogens (tertiary/aromatic N) is 2. The van der Waals surface area contributed by atoms with Crippen molar-refractivity contribution in [2.24, 2.45) is 22.7 Å². The molecule has 0 saturated heterocycles. The summed E-state index contributed by atoms with van der Waals surface area (Å²) in [6, 6.07) is 12.5. The molecule has 1 heterocycles. The van der Waals surface area contributed by atoms with Gasteiger partial charge in [0.1, 0.15) is 6.54 Å². The van der Waals surface area contributed by atoms with Crippen molar-refractivity contribution < 1.29 is 14.3 Å². The van der Waals surface area contributed by atoms with Gasteiger partial charge < -0.3 is 19.7 Å². The highest BCUT2D eigenvalue weighted by molar-refractivity contribution is 6.19. The van der Waals surface area contributed by atoms with Crippen molar-refractivity contribution in [2.75, 3.05) is 38.7 Å². The largest absolute Gasteiger partial charge is 0.490 e. The van der Waals surface area contributed by atoms with Crippen molar-refractivity contribution in [1.82, 2.24) is 4.90 Å². The van der Waals surface area contributed by atoms with Gasteiger partial charge in [0.25, 0.3) is 0 Å². The van der Waals surface area contributed by atoms with E-state index in [1.165, 1.54) is 57.1 Å². The maximum atomic E-state index is 12.4. The standard InChI is InChI=1S/C33H43N3O3/c1-4-38-29-16-27-28(17-30(29)39-5-2)35-31(37)21-34-32(27)26-10-8-22(9-11-26)7-6-12-36(3)33-18-23-13-24(19-33)15-25(14-23)20-33/h8-11,16-17,23-25H,4-7,12-15,18-21H2,1-3H3,(H,35,37). The number of carbonyl (C=O) groups excluding carboxylic acids is 1. The highest BCUT2D eigenvalue weighted by Crippen LogP contribution is 2.57. The summed E-state index contributed by atoms with van der Waals surface area (Å²) in [5.74, 6) is 4.14. The molecule has 4 fully saturated rings. The van der Waals surface area contributed by atoms with Gasteiger partial charge in [0.05, 0.1) is 24.6 Å². The maximum Gasteiger partial charge on any atom is 0.246 e. The van der Waals surface area contributed by atoms with Crippen LogP contribution in [0.5, 0.6) is 11.5 Å². The van der Waals surface area contributed by atoms with E-state index >= 15 is 0 Å². The minimum atomic E-state index is -0.127. The van der Waals surface area contributed by atoms with Gasteiger partial charge in [-0.2, -0.15) is 0 Å². The number of benzodiazepines with no additional fused rings is 1. The van der Waals surface area contributed by atoms with Crippen molar-refractivity contribution in [3.8, 4) is 11.5 Å². The van der Waals surface area contributed by atoms with E-state index in [1.807, 2.05) is 26.0 Å². The molecule has 7 rings (SSSR count). The summed E-state index contributed by atoms with van der Waals surface area (Å²) in [4.78, 5) is 19.9. The number of hydrogen-bond donors (Lipinski definition) is 1. The molecule has 1 N–H and O–H groups in total. The zero-order valence-corrected chi connectivity index (χ0v) is 23.8. The molecule has 4 saturated carbocycles. The van der Waals surface area contributed by atoms with Crippen LogP contribution in [0.4, 0.5) is 5.69 Å².